The van der Waals surface area contributed by atoms with E-state index in [4.69, 9.17) is 4.98 Å². The standard InChI is InChI=1S/C25H25N5O2/c1-15-10-9-13-20(16(15)2)29-17(3)18(4)30-21-22(26-24(29)30)27(5)25(32)28(23(21)31)14-19-11-7-6-8-12-19/h6-13H,14H2,1-5H3. The van der Waals surface area contributed by atoms with Crippen LogP contribution in [0.1, 0.15) is 28.1 Å². The number of nitrogens with zero attached hydrogens (tertiary/aromatic N) is 5. The fourth-order valence-corrected chi connectivity index (χ4v) is 4.42. The van der Waals surface area contributed by atoms with Gasteiger partial charge in [0.05, 0.1) is 12.2 Å². The summed E-state index contributed by atoms with van der Waals surface area (Å²) in [5.74, 6) is 0.633. The normalized spacial score (nSPS) is 11.7. The lowest BCUT2D eigenvalue weighted by Crippen LogP contribution is -2.39. The number of hydrogen-bond donors (Lipinski definition) is 0. The van der Waals surface area contributed by atoms with Gasteiger partial charge in [-0.3, -0.25) is 22.9 Å². The van der Waals surface area contributed by atoms with E-state index in [0.29, 0.717) is 16.9 Å². The summed E-state index contributed by atoms with van der Waals surface area (Å²) in [6.45, 7) is 8.39. The van der Waals surface area contributed by atoms with Crippen LogP contribution in [-0.4, -0.2) is 23.1 Å². The molecule has 0 aliphatic heterocycles. The number of aryl methyl sites for hydroxylation is 3. The second-order valence-corrected chi connectivity index (χ2v) is 8.36. The van der Waals surface area contributed by atoms with Crippen molar-refractivity contribution in [2.75, 3.05) is 0 Å². The zero-order valence-corrected chi connectivity index (χ0v) is 18.9. The largest absolute Gasteiger partial charge is 0.332 e. The molecule has 0 spiro atoms. The van der Waals surface area contributed by atoms with Gasteiger partial charge in [-0.15, -0.1) is 0 Å². The van der Waals surface area contributed by atoms with E-state index >= 15 is 0 Å². The topological polar surface area (TPSA) is 66.2 Å². The Labute approximate surface area is 184 Å². The molecule has 5 aromatic rings. The summed E-state index contributed by atoms with van der Waals surface area (Å²) in [4.78, 5) is 31.5. The van der Waals surface area contributed by atoms with Crippen LogP contribution in [-0.2, 0) is 13.6 Å². The monoisotopic (exact) mass is 427 g/mol. The molecule has 5 rings (SSSR count). The molecule has 3 aromatic heterocycles. The van der Waals surface area contributed by atoms with Crippen molar-refractivity contribution in [3.05, 3.63) is 97.4 Å². The van der Waals surface area contributed by atoms with Crippen LogP contribution in [0.5, 0.6) is 0 Å². The fraction of sp³-hybridized carbons (Fsp3) is 0.240. The van der Waals surface area contributed by atoms with E-state index in [1.165, 1.54) is 14.7 Å². The van der Waals surface area contributed by atoms with E-state index in [-0.39, 0.29) is 17.8 Å². The van der Waals surface area contributed by atoms with Crippen molar-refractivity contribution < 1.29 is 0 Å². The van der Waals surface area contributed by atoms with E-state index in [1.807, 2.05) is 54.6 Å². The molecule has 0 N–H and O–H groups in total. The van der Waals surface area contributed by atoms with Gasteiger partial charge in [-0.25, -0.2) is 4.79 Å². The Morgan fingerprint density at radius 3 is 2.31 bits per heavy atom. The van der Waals surface area contributed by atoms with Crippen molar-refractivity contribution in [2.24, 2.45) is 7.05 Å². The van der Waals surface area contributed by atoms with E-state index in [9.17, 15) is 9.59 Å². The lowest BCUT2D eigenvalue weighted by molar-refractivity contribution is 0.656. The number of imidazole rings is 2. The smallest absolute Gasteiger partial charge is 0.282 e. The highest BCUT2D eigenvalue weighted by Gasteiger charge is 2.23. The molecule has 0 radical (unpaired) electrons. The van der Waals surface area contributed by atoms with Gasteiger partial charge in [0.2, 0.25) is 5.78 Å². The third-order valence-corrected chi connectivity index (χ3v) is 6.52. The third kappa shape index (κ3) is 2.70. The number of fused-ring (bicyclic) bond motifs is 3. The predicted octanol–water partition coefficient (Wildman–Crippen LogP) is 3.42. The molecule has 0 atom stereocenters. The van der Waals surface area contributed by atoms with Gasteiger partial charge in [0.25, 0.3) is 5.56 Å². The fourth-order valence-electron chi connectivity index (χ4n) is 4.42. The van der Waals surface area contributed by atoms with Gasteiger partial charge in [-0.2, -0.15) is 4.98 Å². The van der Waals surface area contributed by atoms with Crippen molar-refractivity contribution >= 4 is 16.9 Å². The van der Waals surface area contributed by atoms with Crippen molar-refractivity contribution in [1.82, 2.24) is 23.1 Å². The highest BCUT2D eigenvalue weighted by Crippen LogP contribution is 2.27. The van der Waals surface area contributed by atoms with Gasteiger partial charge >= 0.3 is 5.69 Å². The summed E-state index contributed by atoms with van der Waals surface area (Å²) in [6.07, 6.45) is 0. The van der Waals surface area contributed by atoms with Crippen LogP contribution >= 0.6 is 0 Å². The van der Waals surface area contributed by atoms with Gasteiger partial charge in [0, 0.05) is 18.4 Å². The van der Waals surface area contributed by atoms with Gasteiger partial charge in [-0.1, -0.05) is 42.5 Å². The van der Waals surface area contributed by atoms with Crippen molar-refractivity contribution in [1.29, 1.82) is 0 Å². The summed E-state index contributed by atoms with van der Waals surface area (Å²) in [6, 6.07) is 15.7. The zero-order chi connectivity index (χ0) is 22.7. The minimum absolute atomic E-state index is 0.214. The van der Waals surface area contributed by atoms with E-state index in [1.54, 1.807) is 7.05 Å². The molecule has 0 aliphatic rings. The molecule has 7 nitrogen and oxygen atoms in total. The molecule has 0 unspecified atom stereocenters. The maximum absolute atomic E-state index is 13.6. The second-order valence-electron chi connectivity index (χ2n) is 8.36. The molecule has 0 saturated heterocycles. The molecule has 162 valence electrons. The summed E-state index contributed by atoms with van der Waals surface area (Å²) >= 11 is 0. The first-order valence-electron chi connectivity index (χ1n) is 10.6. The third-order valence-electron chi connectivity index (χ3n) is 6.52. The molecule has 7 heteroatoms. The first-order valence-corrected chi connectivity index (χ1v) is 10.6. The average molecular weight is 428 g/mol. The van der Waals surface area contributed by atoms with Crippen LogP contribution in [0.2, 0.25) is 0 Å². The molecule has 3 heterocycles. The SMILES string of the molecule is Cc1cccc(-n2c(C)c(C)n3c4c(=O)n(Cc5ccccc5)c(=O)n(C)c4nc23)c1C. The average Bonchev–Trinajstić information content (AvgIpc) is 3.28. The quantitative estimate of drug-likeness (QED) is 0.443. The predicted molar refractivity (Wildman–Crippen MR) is 126 cm³/mol. The van der Waals surface area contributed by atoms with Crippen LogP contribution in [0.4, 0.5) is 0 Å². The van der Waals surface area contributed by atoms with Crippen LogP contribution in [0.25, 0.3) is 22.6 Å². The van der Waals surface area contributed by atoms with Gasteiger partial charge in [-0.05, 0) is 50.5 Å². The Hall–Kier alpha value is -3.87. The van der Waals surface area contributed by atoms with E-state index in [0.717, 1.165) is 28.2 Å². The molecule has 32 heavy (non-hydrogen) atoms. The molecular weight excluding hydrogens is 402 g/mol. The Kier molecular flexibility index (Phi) is 4.44. The van der Waals surface area contributed by atoms with Gasteiger partial charge < -0.3 is 0 Å². The van der Waals surface area contributed by atoms with Crippen LogP contribution in [0, 0.1) is 27.7 Å². The second kappa shape index (κ2) is 7.09. The lowest BCUT2D eigenvalue weighted by atomic mass is 10.1. The summed E-state index contributed by atoms with van der Waals surface area (Å²) < 4.78 is 6.71. The molecular formula is C25H25N5O2. The first-order chi connectivity index (χ1) is 15.3. The van der Waals surface area contributed by atoms with Crippen molar-refractivity contribution in [3.63, 3.8) is 0 Å². The van der Waals surface area contributed by atoms with E-state index in [2.05, 4.69) is 30.5 Å². The van der Waals surface area contributed by atoms with Crippen LogP contribution < -0.4 is 11.2 Å². The number of aromatic nitrogens is 5. The molecule has 0 aliphatic carbocycles. The Morgan fingerprint density at radius 2 is 1.59 bits per heavy atom. The van der Waals surface area contributed by atoms with Crippen LogP contribution in [0.3, 0.4) is 0 Å². The number of rotatable bonds is 3. The lowest BCUT2D eigenvalue weighted by Gasteiger charge is -2.12. The maximum atomic E-state index is 13.6. The zero-order valence-electron chi connectivity index (χ0n) is 18.9. The van der Waals surface area contributed by atoms with Gasteiger partial charge in [0.15, 0.2) is 11.2 Å². The Balaban J connectivity index is 1.88. The molecule has 0 amide bonds. The molecule has 0 bridgehead atoms. The highest BCUT2D eigenvalue weighted by molar-refractivity contribution is 5.77. The summed E-state index contributed by atoms with van der Waals surface area (Å²) in [5.41, 5.74) is 6.27. The minimum Gasteiger partial charge on any atom is -0.282 e. The Bertz CT molecular complexity index is 1630. The summed E-state index contributed by atoms with van der Waals surface area (Å²) in [5, 5.41) is 0. The van der Waals surface area contributed by atoms with Crippen molar-refractivity contribution in [2.45, 2.75) is 34.2 Å². The number of benzene rings is 2. The highest BCUT2D eigenvalue weighted by atomic mass is 16.2. The van der Waals surface area contributed by atoms with Gasteiger partial charge in [0.1, 0.15) is 0 Å². The first kappa shape index (κ1) is 20.1. The minimum atomic E-state index is -0.375. The molecule has 0 saturated carbocycles. The summed E-state index contributed by atoms with van der Waals surface area (Å²) in [7, 11) is 1.67. The molecule has 0 fully saturated rings. The van der Waals surface area contributed by atoms with Crippen LogP contribution in [0.15, 0.2) is 58.1 Å². The Morgan fingerprint density at radius 1 is 0.875 bits per heavy atom. The molecule has 2 aromatic carbocycles. The number of hydrogen-bond acceptors (Lipinski definition) is 3. The van der Waals surface area contributed by atoms with Crippen molar-refractivity contribution in [3.8, 4) is 5.69 Å². The van der Waals surface area contributed by atoms with E-state index < -0.39 is 0 Å². The maximum Gasteiger partial charge on any atom is 0.332 e.